The van der Waals surface area contributed by atoms with Crippen molar-refractivity contribution in [2.45, 2.75) is 12.7 Å². The Labute approximate surface area is 244 Å². The SMILES string of the molecule is O=C(c1ccc(F)cc1)N1CCN(Cc2c(-c3ccc(Cl)cc3)nc3ccc(-c4cccc(C(F)(F)F)c4)cn23)CC1. The summed E-state index contributed by atoms with van der Waals surface area (Å²) in [7, 11) is 0. The maximum atomic E-state index is 13.4. The molecule has 0 aliphatic carbocycles. The third kappa shape index (κ3) is 5.75. The van der Waals surface area contributed by atoms with E-state index in [1.807, 2.05) is 22.7 Å². The molecule has 0 radical (unpaired) electrons. The third-order valence-electron chi connectivity index (χ3n) is 7.48. The van der Waals surface area contributed by atoms with E-state index < -0.39 is 17.6 Å². The topological polar surface area (TPSA) is 40.9 Å². The normalized spacial score (nSPS) is 14.5. The van der Waals surface area contributed by atoms with Gasteiger partial charge in [-0.05, 0) is 71.8 Å². The number of halogens is 5. The van der Waals surface area contributed by atoms with Gasteiger partial charge in [0.25, 0.3) is 5.91 Å². The summed E-state index contributed by atoms with van der Waals surface area (Å²) in [6, 6.07) is 21.7. The number of alkyl halides is 3. The largest absolute Gasteiger partial charge is 0.416 e. The van der Waals surface area contributed by atoms with Gasteiger partial charge in [0.1, 0.15) is 11.5 Å². The van der Waals surface area contributed by atoms with E-state index in [2.05, 4.69) is 4.90 Å². The van der Waals surface area contributed by atoms with E-state index in [1.165, 1.54) is 30.3 Å². The zero-order chi connectivity index (χ0) is 29.4. The van der Waals surface area contributed by atoms with Gasteiger partial charge in [0.2, 0.25) is 0 Å². The van der Waals surface area contributed by atoms with Crippen LogP contribution in [0.15, 0.2) is 91.1 Å². The molecule has 0 unspecified atom stereocenters. The maximum Gasteiger partial charge on any atom is 0.416 e. The lowest BCUT2D eigenvalue weighted by molar-refractivity contribution is -0.137. The molecule has 42 heavy (non-hydrogen) atoms. The van der Waals surface area contributed by atoms with Gasteiger partial charge in [0, 0.05) is 55.1 Å². The van der Waals surface area contributed by atoms with Crippen molar-refractivity contribution in [1.29, 1.82) is 0 Å². The van der Waals surface area contributed by atoms with Crippen molar-refractivity contribution in [3.63, 3.8) is 0 Å². The molecule has 1 saturated heterocycles. The van der Waals surface area contributed by atoms with Gasteiger partial charge in [0.15, 0.2) is 0 Å². The monoisotopic (exact) mass is 592 g/mol. The fraction of sp³-hybridized carbons (Fsp3) is 0.188. The summed E-state index contributed by atoms with van der Waals surface area (Å²) in [5.41, 5.74) is 3.97. The zero-order valence-electron chi connectivity index (χ0n) is 22.3. The molecular weight excluding hydrogens is 568 g/mol. The van der Waals surface area contributed by atoms with E-state index in [-0.39, 0.29) is 5.91 Å². The van der Waals surface area contributed by atoms with Crippen LogP contribution in [0, 0.1) is 5.82 Å². The molecule has 5 aromatic rings. The van der Waals surface area contributed by atoms with E-state index in [0.717, 1.165) is 29.1 Å². The number of nitrogens with zero attached hydrogens (tertiary/aromatic N) is 4. The van der Waals surface area contributed by atoms with Crippen LogP contribution in [0.3, 0.4) is 0 Å². The van der Waals surface area contributed by atoms with Crippen LogP contribution in [-0.2, 0) is 12.7 Å². The zero-order valence-corrected chi connectivity index (χ0v) is 23.0. The number of rotatable bonds is 5. The lowest BCUT2D eigenvalue weighted by Gasteiger charge is -2.34. The first-order chi connectivity index (χ1) is 20.2. The Balaban J connectivity index is 1.31. The first-order valence-corrected chi connectivity index (χ1v) is 13.8. The predicted molar refractivity (Wildman–Crippen MR) is 154 cm³/mol. The highest BCUT2D eigenvalue weighted by atomic mass is 35.5. The minimum Gasteiger partial charge on any atom is -0.336 e. The second kappa shape index (κ2) is 11.2. The summed E-state index contributed by atoms with van der Waals surface area (Å²) >= 11 is 6.13. The number of piperazine rings is 1. The highest BCUT2D eigenvalue weighted by Crippen LogP contribution is 2.33. The fourth-order valence-electron chi connectivity index (χ4n) is 5.23. The molecule has 1 aliphatic rings. The van der Waals surface area contributed by atoms with E-state index >= 15 is 0 Å². The van der Waals surface area contributed by atoms with Gasteiger partial charge in [-0.25, -0.2) is 9.37 Å². The van der Waals surface area contributed by atoms with Crippen molar-refractivity contribution in [3.05, 3.63) is 119 Å². The van der Waals surface area contributed by atoms with Gasteiger partial charge in [-0.1, -0.05) is 35.9 Å². The van der Waals surface area contributed by atoms with Crippen molar-refractivity contribution in [3.8, 4) is 22.4 Å². The Morgan fingerprint density at radius 3 is 2.21 bits per heavy atom. The average molecular weight is 593 g/mol. The van der Waals surface area contributed by atoms with E-state index in [9.17, 15) is 22.4 Å². The quantitative estimate of drug-likeness (QED) is 0.199. The van der Waals surface area contributed by atoms with Crippen LogP contribution < -0.4 is 0 Å². The molecule has 10 heteroatoms. The van der Waals surface area contributed by atoms with E-state index in [1.54, 1.807) is 35.2 Å². The average Bonchev–Trinajstić information content (AvgIpc) is 3.35. The molecule has 2 aromatic heterocycles. The van der Waals surface area contributed by atoms with Gasteiger partial charge in [-0.15, -0.1) is 0 Å². The number of carbonyl (C=O) groups is 1. The van der Waals surface area contributed by atoms with Crippen LogP contribution in [0.2, 0.25) is 5.02 Å². The van der Waals surface area contributed by atoms with Crippen molar-refractivity contribution in [2.24, 2.45) is 0 Å². The molecule has 6 rings (SSSR count). The smallest absolute Gasteiger partial charge is 0.336 e. The molecule has 3 heterocycles. The first-order valence-electron chi connectivity index (χ1n) is 13.4. The molecular formula is C32H25ClF4N4O. The van der Waals surface area contributed by atoms with Crippen molar-refractivity contribution in [2.75, 3.05) is 26.2 Å². The molecule has 214 valence electrons. The molecule has 1 aliphatic heterocycles. The van der Waals surface area contributed by atoms with E-state index in [4.69, 9.17) is 16.6 Å². The minimum atomic E-state index is -4.44. The summed E-state index contributed by atoms with van der Waals surface area (Å²) in [6.07, 6.45) is -2.62. The summed E-state index contributed by atoms with van der Waals surface area (Å²) < 4.78 is 55.4. The molecule has 0 spiro atoms. The molecule has 1 fully saturated rings. The summed E-state index contributed by atoms with van der Waals surface area (Å²) in [5.74, 6) is -0.533. The Kier molecular flexibility index (Phi) is 7.47. The molecule has 5 nitrogen and oxygen atoms in total. The second-order valence-electron chi connectivity index (χ2n) is 10.2. The molecule has 1 amide bonds. The van der Waals surface area contributed by atoms with Crippen LogP contribution in [0.5, 0.6) is 0 Å². The Bertz CT molecular complexity index is 1740. The van der Waals surface area contributed by atoms with Crippen LogP contribution in [-0.4, -0.2) is 51.3 Å². The summed E-state index contributed by atoms with van der Waals surface area (Å²) in [4.78, 5) is 21.8. The van der Waals surface area contributed by atoms with Crippen molar-refractivity contribution in [1.82, 2.24) is 19.2 Å². The van der Waals surface area contributed by atoms with Crippen molar-refractivity contribution >= 4 is 23.2 Å². The highest BCUT2D eigenvalue weighted by molar-refractivity contribution is 6.30. The lowest BCUT2D eigenvalue weighted by atomic mass is 10.0. The molecule has 0 saturated carbocycles. The summed E-state index contributed by atoms with van der Waals surface area (Å²) in [6.45, 7) is 2.71. The number of fused-ring (bicyclic) bond motifs is 1. The molecule has 0 atom stereocenters. The van der Waals surface area contributed by atoms with Crippen LogP contribution in [0.25, 0.3) is 28.0 Å². The van der Waals surface area contributed by atoms with Crippen LogP contribution >= 0.6 is 11.6 Å². The number of imidazole rings is 1. The molecule has 0 N–H and O–H groups in total. The number of hydrogen-bond donors (Lipinski definition) is 0. The molecule has 3 aromatic carbocycles. The standard InChI is InChI=1S/C32H25ClF4N4O/c33-26-9-4-21(5-10-26)30-28(20-39-14-16-40(17-15-39)31(42)22-6-11-27(34)12-7-22)41-19-24(8-13-29(41)38-30)23-2-1-3-25(18-23)32(35,36)37/h1-13,18-19H,14-17,20H2. The lowest BCUT2D eigenvalue weighted by Crippen LogP contribution is -2.48. The van der Waals surface area contributed by atoms with E-state index in [0.29, 0.717) is 60.1 Å². The first kappa shape index (κ1) is 27.9. The van der Waals surface area contributed by atoms with Crippen LogP contribution in [0.1, 0.15) is 21.6 Å². The predicted octanol–water partition coefficient (Wildman–Crippen LogP) is 7.44. The fourth-order valence-corrected chi connectivity index (χ4v) is 5.35. The maximum absolute atomic E-state index is 13.4. The number of carbonyl (C=O) groups excluding carboxylic acids is 1. The second-order valence-corrected chi connectivity index (χ2v) is 10.7. The van der Waals surface area contributed by atoms with Gasteiger partial charge >= 0.3 is 6.18 Å². The Morgan fingerprint density at radius 1 is 0.833 bits per heavy atom. The van der Waals surface area contributed by atoms with Gasteiger partial charge < -0.3 is 9.30 Å². The van der Waals surface area contributed by atoms with Crippen molar-refractivity contribution < 1.29 is 22.4 Å². The van der Waals surface area contributed by atoms with Gasteiger partial charge in [0.05, 0.1) is 17.0 Å². The third-order valence-corrected chi connectivity index (χ3v) is 7.73. The van der Waals surface area contributed by atoms with Gasteiger partial charge in [-0.2, -0.15) is 13.2 Å². The number of amides is 1. The number of aromatic nitrogens is 2. The number of pyridine rings is 1. The van der Waals surface area contributed by atoms with Gasteiger partial charge in [-0.3, -0.25) is 9.69 Å². The number of benzene rings is 3. The minimum absolute atomic E-state index is 0.142. The Morgan fingerprint density at radius 2 is 1.52 bits per heavy atom. The summed E-state index contributed by atoms with van der Waals surface area (Å²) in [5, 5.41) is 0.595. The highest BCUT2D eigenvalue weighted by Gasteiger charge is 2.30. The van der Waals surface area contributed by atoms with Crippen LogP contribution in [0.4, 0.5) is 17.6 Å². The number of hydrogen-bond acceptors (Lipinski definition) is 3. The Hall–Kier alpha value is -4.21. The molecule has 0 bridgehead atoms.